The zero-order valence-corrected chi connectivity index (χ0v) is 12.7. The monoisotopic (exact) mass is 309 g/mol. The fourth-order valence-electron chi connectivity index (χ4n) is 1.68. The molecule has 0 atom stereocenters. The lowest BCUT2D eigenvalue weighted by Crippen LogP contribution is -2.41. The van der Waals surface area contributed by atoms with Crippen LogP contribution in [0.25, 0.3) is 6.08 Å². The summed E-state index contributed by atoms with van der Waals surface area (Å²) < 4.78 is 12.7. The van der Waals surface area contributed by atoms with E-state index in [4.69, 9.17) is 9.31 Å². The van der Waals surface area contributed by atoms with Crippen molar-refractivity contribution in [1.29, 1.82) is 0 Å². The first-order chi connectivity index (χ1) is 8.30. The summed E-state index contributed by atoms with van der Waals surface area (Å²) in [4.78, 5) is 4.11. The second-order valence-corrected chi connectivity index (χ2v) is 6.34. The minimum atomic E-state index is -0.311. The lowest BCUT2D eigenvalue weighted by molar-refractivity contribution is 0.00578. The third kappa shape index (κ3) is 2.84. The van der Waals surface area contributed by atoms with Gasteiger partial charge in [0.25, 0.3) is 0 Å². The van der Waals surface area contributed by atoms with Gasteiger partial charge in [-0.15, -0.1) is 0 Å². The SMILES string of the molecule is CC1(C)OB(/C=C/c2cncc(Br)c2)OC1(C)C. The molecule has 1 saturated heterocycles. The molecule has 1 aromatic rings. The summed E-state index contributed by atoms with van der Waals surface area (Å²) in [6.07, 6.45) is 5.51. The molecule has 5 heteroatoms. The van der Waals surface area contributed by atoms with Crippen molar-refractivity contribution < 1.29 is 9.31 Å². The molecular weight excluding hydrogens is 293 g/mol. The normalized spacial score (nSPS) is 21.7. The van der Waals surface area contributed by atoms with Crippen molar-refractivity contribution in [2.24, 2.45) is 0 Å². The van der Waals surface area contributed by atoms with Gasteiger partial charge in [0.2, 0.25) is 0 Å². The highest BCUT2D eigenvalue weighted by molar-refractivity contribution is 9.10. The third-order valence-electron chi connectivity index (χ3n) is 3.44. The van der Waals surface area contributed by atoms with E-state index in [9.17, 15) is 0 Å². The minimum Gasteiger partial charge on any atom is -0.400 e. The maximum atomic E-state index is 5.87. The van der Waals surface area contributed by atoms with Crippen molar-refractivity contribution in [3.63, 3.8) is 0 Å². The van der Waals surface area contributed by atoms with Crippen molar-refractivity contribution in [3.8, 4) is 0 Å². The van der Waals surface area contributed by atoms with Gasteiger partial charge < -0.3 is 9.31 Å². The molecule has 1 aliphatic rings. The molecule has 0 saturated carbocycles. The smallest absolute Gasteiger partial charge is 0.400 e. The molecule has 0 radical (unpaired) electrons. The maximum Gasteiger partial charge on any atom is 0.487 e. The van der Waals surface area contributed by atoms with Crippen molar-refractivity contribution in [1.82, 2.24) is 4.98 Å². The molecule has 0 aliphatic carbocycles. The Balaban J connectivity index is 2.08. The Labute approximate surface area is 117 Å². The lowest BCUT2D eigenvalue weighted by atomic mass is 9.89. The molecule has 1 aromatic heterocycles. The molecule has 3 nitrogen and oxygen atoms in total. The highest BCUT2D eigenvalue weighted by atomic mass is 79.9. The van der Waals surface area contributed by atoms with E-state index in [0.717, 1.165) is 10.0 Å². The second-order valence-electron chi connectivity index (χ2n) is 5.42. The molecule has 0 aromatic carbocycles. The van der Waals surface area contributed by atoms with E-state index in [0.29, 0.717) is 0 Å². The van der Waals surface area contributed by atoms with Crippen molar-refractivity contribution >= 4 is 29.1 Å². The summed E-state index contributed by atoms with van der Waals surface area (Å²) in [6, 6.07) is 1.99. The van der Waals surface area contributed by atoms with E-state index in [1.165, 1.54) is 0 Å². The van der Waals surface area contributed by atoms with E-state index >= 15 is 0 Å². The van der Waals surface area contributed by atoms with Gasteiger partial charge >= 0.3 is 7.12 Å². The Kier molecular flexibility index (Phi) is 3.67. The largest absolute Gasteiger partial charge is 0.487 e. The van der Waals surface area contributed by atoms with Crippen LogP contribution in [-0.4, -0.2) is 23.3 Å². The highest BCUT2D eigenvalue weighted by Gasteiger charge is 2.49. The van der Waals surface area contributed by atoms with Crippen LogP contribution in [0.1, 0.15) is 33.3 Å². The fourth-order valence-corrected chi connectivity index (χ4v) is 2.06. The van der Waals surface area contributed by atoms with Gasteiger partial charge in [0.05, 0.1) is 11.2 Å². The standard InChI is InChI=1S/C13H17BBrNO2/c1-12(2)13(3,4)18-14(17-12)6-5-10-7-11(15)9-16-8-10/h5-9H,1-4H3/b6-5+. The van der Waals surface area contributed by atoms with Crippen LogP contribution in [0.2, 0.25) is 0 Å². The summed E-state index contributed by atoms with van der Waals surface area (Å²) in [5, 5.41) is 0. The van der Waals surface area contributed by atoms with Gasteiger partial charge in [-0.05, 0) is 55.3 Å². The number of halogens is 1. The Morgan fingerprint density at radius 2 is 1.78 bits per heavy atom. The molecule has 0 spiro atoms. The highest BCUT2D eigenvalue weighted by Crippen LogP contribution is 2.37. The van der Waals surface area contributed by atoms with Crippen LogP contribution in [0.3, 0.4) is 0 Å². The van der Waals surface area contributed by atoms with Crippen molar-refractivity contribution in [2.75, 3.05) is 0 Å². The Bertz CT molecular complexity index is 458. The van der Waals surface area contributed by atoms with Gasteiger partial charge in [-0.2, -0.15) is 0 Å². The topological polar surface area (TPSA) is 31.4 Å². The Hall–Kier alpha value is -0.645. The summed E-state index contributed by atoms with van der Waals surface area (Å²) in [5.41, 5.74) is 0.425. The summed E-state index contributed by atoms with van der Waals surface area (Å²) in [6.45, 7) is 8.17. The van der Waals surface area contributed by atoms with Crippen LogP contribution < -0.4 is 0 Å². The Morgan fingerprint density at radius 3 is 2.33 bits per heavy atom. The van der Waals surface area contributed by atoms with Gasteiger partial charge in [0.15, 0.2) is 0 Å². The van der Waals surface area contributed by atoms with Crippen molar-refractivity contribution in [2.45, 2.75) is 38.9 Å². The molecule has 0 unspecified atom stereocenters. The average molecular weight is 310 g/mol. The predicted molar refractivity (Wildman–Crippen MR) is 77.1 cm³/mol. The molecule has 1 fully saturated rings. The van der Waals surface area contributed by atoms with Crippen LogP contribution >= 0.6 is 15.9 Å². The number of hydrogen-bond donors (Lipinski definition) is 0. The lowest BCUT2D eigenvalue weighted by Gasteiger charge is -2.32. The van der Waals surface area contributed by atoms with Gasteiger partial charge in [0.1, 0.15) is 0 Å². The van der Waals surface area contributed by atoms with Crippen LogP contribution in [0.15, 0.2) is 28.9 Å². The number of pyridine rings is 1. The molecule has 2 heterocycles. The number of aromatic nitrogens is 1. The quantitative estimate of drug-likeness (QED) is 0.784. The van der Waals surface area contributed by atoms with Crippen LogP contribution in [0.4, 0.5) is 0 Å². The second kappa shape index (κ2) is 4.80. The van der Waals surface area contributed by atoms with Crippen LogP contribution in [0.5, 0.6) is 0 Å². The first-order valence-corrected chi connectivity index (χ1v) is 6.74. The van der Waals surface area contributed by atoms with Crippen molar-refractivity contribution in [3.05, 3.63) is 34.5 Å². The molecule has 0 bridgehead atoms. The van der Waals surface area contributed by atoms with E-state index in [2.05, 4.69) is 20.9 Å². The van der Waals surface area contributed by atoms with E-state index < -0.39 is 0 Å². The number of nitrogens with zero attached hydrogens (tertiary/aromatic N) is 1. The zero-order valence-electron chi connectivity index (χ0n) is 11.1. The van der Waals surface area contributed by atoms with Crippen LogP contribution in [0, 0.1) is 0 Å². The molecule has 0 amide bonds. The van der Waals surface area contributed by atoms with E-state index in [1.807, 2.05) is 45.8 Å². The van der Waals surface area contributed by atoms with Gasteiger partial charge in [-0.3, -0.25) is 4.98 Å². The molecule has 1 aliphatic heterocycles. The van der Waals surface area contributed by atoms with Crippen LogP contribution in [-0.2, 0) is 9.31 Å². The van der Waals surface area contributed by atoms with Gasteiger partial charge in [0, 0.05) is 16.9 Å². The average Bonchev–Trinajstić information content (AvgIpc) is 2.45. The Morgan fingerprint density at radius 1 is 1.17 bits per heavy atom. The summed E-state index contributed by atoms with van der Waals surface area (Å²) in [7, 11) is -0.311. The van der Waals surface area contributed by atoms with Gasteiger partial charge in [-0.25, -0.2) is 0 Å². The van der Waals surface area contributed by atoms with Gasteiger partial charge in [-0.1, -0.05) is 12.1 Å². The van der Waals surface area contributed by atoms with E-state index in [-0.39, 0.29) is 18.3 Å². The minimum absolute atomic E-state index is 0.294. The first kappa shape index (κ1) is 13.8. The van der Waals surface area contributed by atoms with E-state index in [1.54, 1.807) is 12.4 Å². The number of rotatable bonds is 2. The fraction of sp³-hybridized carbons (Fsp3) is 0.462. The summed E-state index contributed by atoms with van der Waals surface area (Å²) in [5.74, 6) is 1.92. The molecule has 0 N–H and O–H groups in total. The molecule has 18 heavy (non-hydrogen) atoms. The maximum absolute atomic E-state index is 5.87. The summed E-state index contributed by atoms with van der Waals surface area (Å²) >= 11 is 3.39. The molecule has 96 valence electrons. The predicted octanol–water partition coefficient (Wildman–Crippen LogP) is 3.49. The molecule has 2 rings (SSSR count). The number of hydrogen-bond acceptors (Lipinski definition) is 3. The molecular formula is C13H17BBrNO2. The zero-order chi connectivity index (χ0) is 13.4. The first-order valence-electron chi connectivity index (χ1n) is 5.95. The third-order valence-corrected chi connectivity index (χ3v) is 3.88.